The molecule has 0 saturated carbocycles. The molecule has 2 amide bonds. The normalized spacial score (nSPS) is 16.0. The number of benzene rings is 4. The first-order valence-corrected chi connectivity index (χ1v) is 14.4. The Hall–Kier alpha value is -4.75. The fourth-order valence-corrected chi connectivity index (χ4v) is 5.61. The number of halogens is 1. The lowest BCUT2D eigenvalue weighted by Gasteiger charge is -2.26. The predicted molar refractivity (Wildman–Crippen MR) is 166 cm³/mol. The van der Waals surface area contributed by atoms with Crippen LogP contribution in [0.25, 0.3) is 11.3 Å². The van der Waals surface area contributed by atoms with Crippen molar-refractivity contribution in [1.29, 1.82) is 0 Å². The molecule has 3 N–H and O–H groups in total. The SMILES string of the molecule is O=C(Cc1ccccc1F)Nc1ccc2c(c1)C(=C(Nc1ccc(CN3CCCCC3)cc1)c1ccccc1)C(=O)N2. The summed E-state index contributed by atoms with van der Waals surface area (Å²) in [5.41, 5.74) is 6.34. The molecule has 1 saturated heterocycles. The number of amides is 2. The quantitative estimate of drug-likeness (QED) is 0.205. The standard InChI is InChI=1S/C35H33FN4O2/c36-30-12-6-5-11-26(30)21-32(41)37-28-17-18-31-29(22-28)33(35(42)39-31)34(25-9-3-1-4-10-25)38-27-15-13-24(14-16-27)23-40-19-7-2-8-20-40/h1,3-6,9-18,22,38H,2,7-8,19-21,23H2,(H,37,41)(H,39,42). The van der Waals surface area contributed by atoms with E-state index in [9.17, 15) is 14.0 Å². The van der Waals surface area contributed by atoms with Gasteiger partial charge in [-0.15, -0.1) is 0 Å². The second-order valence-electron chi connectivity index (χ2n) is 10.8. The van der Waals surface area contributed by atoms with Gasteiger partial charge in [0.1, 0.15) is 5.82 Å². The van der Waals surface area contributed by atoms with Crippen LogP contribution in [0.5, 0.6) is 0 Å². The number of nitrogens with zero attached hydrogens (tertiary/aromatic N) is 1. The largest absolute Gasteiger partial charge is 0.354 e. The maximum atomic E-state index is 14.1. The average Bonchev–Trinajstić information content (AvgIpc) is 3.33. The molecular formula is C35H33FN4O2. The van der Waals surface area contributed by atoms with Crippen molar-refractivity contribution >= 4 is 40.1 Å². The number of hydrogen-bond donors (Lipinski definition) is 3. The van der Waals surface area contributed by atoms with Crippen molar-refractivity contribution in [3.05, 3.63) is 125 Å². The lowest BCUT2D eigenvalue weighted by molar-refractivity contribution is -0.115. The van der Waals surface area contributed by atoms with E-state index in [0.717, 1.165) is 30.9 Å². The molecular weight excluding hydrogens is 527 g/mol. The molecule has 212 valence electrons. The highest BCUT2D eigenvalue weighted by molar-refractivity contribution is 6.37. The third-order valence-corrected chi connectivity index (χ3v) is 7.75. The number of hydrogen-bond acceptors (Lipinski definition) is 4. The molecule has 2 aliphatic heterocycles. The monoisotopic (exact) mass is 560 g/mol. The van der Waals surface area contributed by atoms with Gasteiger partial charge in [-0.2, -0.15) is 0 Å². The number of piperidine rings is 1. The lowest BCUT2D eigenvalue weighted by atomic mass is 9.99. The smallest absolute Gasteiger partial charge is 0.258 e. The molecule has 0 unspecified atom stereocenters. The zero-order valence-electron chi connectivity index (χ0n) is 23.3. The Morgan fingerprint density at radius 1 is 0.810 bits per heavy atom. The number of rotatable bonds is 8. The van der Waals surface area contributed by atoms with E-state index in [2.05, 4.69) is 45.1 Å². The zero-order valence-corrected chi connectivity index (χ0v) is 23.3. The molecule has 0 bridgehead atoms. The molecule has 0 radical (unpaired) electrons. The van der Waals surface area contributed by atoms with Crippen LogP contribution in [0.2, 0.25) is 0 Å². The summed E-state index contributed by atoms with van der Waals surface area (Å²) in [6.07, 6.45) is 3.74. The topological polar surface area (TPSA) is 73.5 Å². The maximum Gasteiger partial charge on any atom is 0.258 e. The zero-order chi connectivity index (χ0) is 28.9. The first-order chi connectivity index (χ1) is 20.5. The molecule has 1 fully saturated rings. The van der Waals surface area contributed by atoms with E-state index >= 15 is 0 Å². The Morgan fingerprint density at radius 2 is 1.52 bits per heavy atom. The van der Waals surface area contributed by atoms with E-state index in [1.807, 2.05) is 30.3 Å². The Bertz CT molecular complexity index is 1630. The van der Waals surface area contributed by atoms with E-state index in [4.69, 9.17) is 0 Å². The number of likely N-dealkylation sites (tertiary alicyclic amines) is 1. The van der Waals surface area contributed by atoms with Crippen LogP contribution in [0.15, 0.2) is 97.1 Å². The van der Waals surface area contributed by atoms with Crippen LogP contribution in [-0.2, 0) is 22.6 Å². The molecule has 0 atom stereocenters. The molecule has 6 nitrogen and oxygen atoms in total. The van der Waals surface area contributed by atoms with Crippen LogP contribution in [0, 0.1) is 5.82 Å². The van der Waals surface area contributed by atoms with E-state index in [1.54, 1.807) is 36.4 Å². The minimum atomic E-state index is -0.417. The number of fused-ring (bicyclic) bond motifs is 1. The van der Waals surface area contributed by atoms with E-state index < -0.39 is 5.82 Å². The van der Waals surface area contributed by atoms with Gasteiger partial charge >= 0.3 is 0 Å². The van der Waals surface area contributed by atoms with Crippen LogP contribution < -0.4 is 16.0 Å². The van der Waals surface area contributed by atoms with Gasteiger partial charge in [0.2, 0.25) is 5.91 Å². The Morgan fingerprint density at radius 3 is 2.29 bits per heavy atom. The minimum Gasteiger partial charge on any atom is -0.354 e. The maximum absolute atomic E-state index is 14.1. The number of carbonyl (C=O) groups is 2. The summed E-state index contributed by atoms with van der Waals surface area (Å²) in [7, 11) is 0. The highest BCUT2D eigenvalue weighted by atomic mass is 19.1. The first kappa shape index (κ1) is 27.4. The fourth-order valence-electron chi connectivity index (χ4n) is 5.61. The van der Waals surface area contributed by atoms with Gasteiger partial charge in [-0.1, -0.05) is 67.1 Å². The summed E-state index contributed by atoms with van der Waals surface area (Å²) in [4.78, 5) is 28.6. The molecule has 7 heteroatoms. The number of nitrogens with one attached hydrogen (secondary N) is 3. The van der Waals surface area contributed by atoms with Crippen LogP contribution in [0.3, 0.4) is 0 Å². The Balaban J connectivity index is 1.28. The second kappa shape index (κ2) is 12.4. The Labute approximate surface area is 245 Å². The van der Waals surface area contributed by atoms with Crippen LogP contribution in [0.1, 0.15) is 41.5 Å². The van der Waals surface area contributed by atoms with Crippen LogP contribution in [-0.4, -0.2) is 29.8 Å². The highest BCUT2D eigenvalue weighted by Gasteiger charge is 2.29. The molecule has 0 spiro atoms. The summed E-state index contributed by atoms with van der Waals surface area (Å²) in [5, 5.41) is 9.34. The summed E-state index contributed by atoms with van der Waals surface area (Å²) in [6, 6.07) is 29.6. The molecule has 2 aliphatic rings. The van der Waals surface area contributed by atoms with Gasteiger partial charge in [0.05, 0.1) is 17.7 Å². The summed E-state index contributed by atoms with van der Waals surface area (Å²) in [6.45, 7) is 3.23. The molecule has 4 aromatic rings. The predicted octanol–water partition coefficient (Wildman–Crippen LogP) is 6.93. The van der Waals surface area contributed by atoms with Crippen molar-refractivity contribution in [2.45, 2.75) is 32.2 Å². The molecule has 42 heavy (non-hydrogen) atoms. The third-order valence-electron chi connectivity index (χ3n) is 7.75. The van der Waals surface area contributed by atoms with Crippen molar-refractivity contribution in [2.24, 2.45) is 0 Å². The second-order valence-corrected chi connectivity index (χ2v) is 10.8. The number of carbonyl (C=O) groups excluding carboxylic acids is 2. The number of anilines is 3. The first-order valence-electron chi connectivity index (χ1n) is 14.4. The molecule has 6 rings (SSSR count). The minimum absolute atomic E-state index is 0.0891. The van der Waals surface area contributed by atoms with E-state index in [-0.39, 0.29) is 18.2 Å². The highest BCUT2D eigenvalue weighted by Crippen LogP contribution is 2.39. The van der Waals surface area contributed by atoms with Crippen LogP contribution >= 0.6 is 0 Å². The van der Waals surface area contributed by atoms with Crippen molar-refractivity contribution in [1.82, 2.24) is 4.90 Å². The van der Waals surface area contributed by atoms with Gasteiger partial charge in [0.15, 0.2) is 0 Å². The van der Waals surface area contributed by atoms with E-state index in [1.165, 1.54) is 30.9 Å². The summed E-state index contributed by atoms with van der Waals surface area (Å²) >= 11 is 0. The van der Waals surface area contributed by atoms with Gasteiger partial charge < -0.3 is 16.0 Å². The van der Waals surface area contributed by atoms with Gasteiger partial charge in [-0.05, 0) is 79.0 Å². The molecule has 4 aromatic carbocycles. The van der Waals surface area contributed by atoms with Crippen molar-refractivity contribution < 1.29 is 14.0 Å². The summed E-state index contributed by atoms with van der Waals surface area (Å²) < 4.78 is 14.1. The molecule has 0 aliphatic carbocycles. The molecule has 0 aromatic heterocycles. The van der Waals surface area contributed by atoms with Crippen molar-refractivity contribution in [3.63, 3.8) is 0 Å². The van der Waals surface area contributed by atoms with Gasteiger partial charge in [0, 0.05) is 29.2 Å². The third kappa shape index (κ3) is 6.26. The van der Waals surface area contributed by atoms with Crippen molar-refractivity contribution in [3.8, 4) is 0 Å². The Kier molecular flexibility index (Phi) is 8.10. The van der Waals surface area contributed by atoms with E-state index in [0.29, 0.717) is 33.8 Å². The summed E-state index contributed by atoms with van der Waals surface area (Å²) in [5.74, 6) is -0.985. The van der Waals surface area contributed by atoms with Crippen molar-refractivity contribution in [2.75, 3.05) is 29.0 Å². The fraction of sp³-hybridized carbons (Fsp3) is 0.200. The van der Waals surface area contributed by atoms with Gasteiger partial charge in [-0.3, -0.25) is 14.5 Å². The van der Waals surface area contributed by atoms with Gasteiger partial charge in [0.25, 0.3) is 5.91 Å². The average molecular weight is 561 g/mol. The van der Waals surface area contributed by atoms with Gasteiger partial charge in [-0.25, -0.2) is 4.39 Å². The van der Waals surface area contributed by atoms with Crippen LogP contribution in [0.4, 0.5) is 21.5 Å². The lowest BCUT2D eigenvalue weighted by Crippen LogP contribution is -2.29. The molecule has 2 heterocycles.